The monoisotopic (exact) mass is 351 g/mol. The Kier molecular flexibility index (Phi) is 6.83. The number of nitrogens with zero attached hydrogens (tertiary/aromatic N) is 1. The maximum Gasteiger partial charge on any atom is 0.405 e. The number of para-hydroxylation sites is 1. The molecule has 126 valence electrons. The van der Waals surface area contributed by atoms with Crippen LogP contribution < -0.4 is 10.6 Å². The van der Waals surface area contributed by atoms with E-state index in [1.807, 2.05) is 0 Å². The topological polar surface area (TPSA) is 79.8 Å². The number of hydrogen-bond donors (Lipinski definition) is 2. The second-order valence-corrected chi connectivity index (χ2v) is 4.69. The Labute approximate surface area is 134 Å². The fraction of sp³-hybridized carbons (Fsp3) is 0.308. The van der Waals surface area contributed by atoms with Crippen molar-refractivity contribution in [3.05, 3.63) is 29.3 Å². The number of anilines is 1. The van der Waals surface area contributed by atoms with Gasteiger partial charge in [-0.3, -0.25) is 9.59 Å². The van der Waals surface area contributed by atoms with Gasteiger partial charge in [0.1, 0.15) is 12.8 Å². The van der Waals surface area contributed by atoms with Gasteiger partial charge in [0.25, 0.3) is 11.8 Å². The van der Waals surface area contributed by atoms with Crippen LogP contribution in [0.1, 0.15) is 6.92 Å². The fourth-order valence-corrected chi connectivity index (χ4v) is 1.46. The Balaban J connectivity index is 2.41. The molecule has 0 spiro atoms. The number of nitrogens with one attached hydrogen (secondary N) is 2. The predicted molar refractivity (Wildman–Crippen MR) is 78.2 cm³/mol. The first-order valence-electron chi connectivity index (χ1n) is 6.28. The molecule has 6 nitrogen and oxygen atoms in total. The molecule has 10 heteroatoms. The van der Waals surface area contributed by atoms with Crippen LogP contribution in [0.25, 0.3) is 0 Å². The summed E-state index contributed by atoms with van der Waals surface area (Å²) in [5, 5.41) is 7.59. The third kappa shape index (κ3) is 7.50. The molecule has 0 heterocycles. The van der Waals surface area contributed by atoms with Crippen molar-refractivity contribution in [3.63, 3.8) is 0 Å². The van der Waals surface area contributed by atoms with E-state index in [2.05, 4.69) is 15.3 Å². The first-order chi connectivity index (χ1) is 10.7. The van der Waals surface area contributed by atoms with Crippen LogP contribution in [-0.4, -0.2) is 36.9 Å². The van der Waals surface area contributed by atoms with Crippen molar-refractivity contribution in [3.8, 4) is 0 Å². The lowest BCUT2D eigenvalue weighted by atomic mass is 10.3. The van der Waals surface area contributed by atoms with Gasteiger partial charge in [0.15, 0.2) is 0 Å². The van der Waals surface area contributed by atoms with Gasteiger partial charge in [-0.15, -0.1) is 0 Å². The Morgan fingerprint density at radius 1 is 1.39 bits per heavy atom. The van der Waals surface area contributed by atoms with Gasteiger partial charge in [-0.1, -0.05) is 28.9 Å². The van der Waals surface area contributed by atoms with Crippen LogP contribution in [0.5, 0.6) is 0 Å². The van der Waals surface area contributed by atoms with Crippen LogP contribution in [0.4, 0.5) is 18.9 Å². The van der Waals surface area contributed by atoms with Crippen molar-refractivity contribution >= 4 is 35.3 Å². The summed E-state index contributed by atoms with van der Waals surface area (Å²) >= 11 is 5.83. The van der Waals surface area contributed by atoms with E-state index in [0.29, 0.717) is 10.7 Å². The smallest absolute Gasteiger partial charge is 0.383 e. The average Bonchev–Trinajstić information content (AvgIpc) is 2.46. The number of halogens is 4. The summed E-state index contributed by atoms with van der Waals surface area (Å²) in [7, 11) is 0. The molecule has 0 aliphatic rings. The molecule has 0 aliphatic heterocycles. The van der Waals surface area contributed by atoms with Crippen LogP contribution in [0.3, 0.4) is 0 Å². The van der Waals surface area contributed by atoms with E-state index in [0.717, 1.165) is 6.21 Å². The second-order valence-electron chi connectivity index (χ2n) is 4.28. The van der Waals surface area contributed by atoms with Gasteiger partial charge >= 0.3 is 6.18 Å². The first-order valence-corrected chi connectivity index (χ1v) is 6.66. The summed E-state index contributed by atoms with van der Waals surface area (Å²) in [5.41, 5.74) is 0.349. The zero-order chi connectivity index (χ0) is 17.5. The highest BCUT2D eigenvalue weighted by atomic mass is 35.5. The van der Waals surface area contributed by atoms with Crippen LogP contribution in [0, 0.1) is 0 Å². The van der Waals surface area contributed by atoms with E-state index < -0.39 is 30.6 Å². The molecule has 23 heavy (non-hydrogen) atoms. The molecule has 0 saturated heterocycles. The molecule has 0 bridgehead atoms. The minimum Gasteiger partial charge on any atom is -0.383 e. The number of rotatable bonds is 6. The summed E-state index contributed by atoms with van der Waals surface area (Å²) in [5.74, 6) is -1.69. The summed E-state index contributed by atoms with van der Waals surface area (Å²) in [6.45, 7) is -0.286. The molecule has 1 aromatic rings. The van der Waals surface area contributed by atoms with E-state index in [9.17, 15) is 22.8 Å². The molecule has 2 amide bonds. The van der Waals surface area contributed by atoms with Crippen molar-refractivity contribution < 1.29 is 27.6 Å². The summed E-state index contributed by atoms with van der Waals surface area (Å²) in [6.07, 6.45) is -5.08. The minimum absolute atomic E-state index is 0.315. The molecule has 1 aromatic carbocycles. The molecule has 0 aliphatic carbocycles. The highest BCUT2D eigenvalue weighted by Gasteiger charge is 2.29. The summed E-state index contributed by atoms with van der Waals surface area (Å²) in [6, 6.07) is 6.46. The van der Waals surface area contributed by atoms with E-state index >= 15 is 0 Å². The maximum absolute atomic E-state index is 11.9. The van der Waals surface area contributed by atoms with Crippen molar-refractivity contribution in [1.29, 1.82) is 0 Å². The predicted octanol–water partition coefficient (Wildman–Crippen LogP) is 2.35. The molecule has 1 rings (SSSR count). The lowest BCUT2D eigenvalue weighted by Gasteiger charge is -2.11. The molecule has 0 fully saturated rings. The lowest BCUT2D eigenvalue weighted by Crippen LogP contribution is -2.39. The first kappa shape index (κ1) is 18.8. The van der Waals surface area contributed by atoms with Crippen LogP contribution >= 0.6 is 11.6 Å². The number of oxime groups is 1. The van der Waals surface area contributed by atoms with Gasteiger partial charge in [-0.25, -0.2) is 0 Å². The van der Waals surface area contributed by atoms with E-state index in [1.54, 1.807) is 29.6 Å². The van der Waals surface area contributed by atoms with Crippen LogP contribution in [0.15, 0.2) is 29.4 Å². The maximum atomic E-state index is 11.9. The Bertz CT molecular complexity index is 593. The normalized spacial score (nSPS) is 12.7. The van der Waals surface area contributed by atoms with Crippen molar-refractivity contribution in [1.82, 2.24) is 5.32 Å². The van der Waals surface area contributed by atoms with Gasteiger partial charge in [-0.2, -0.15) is 13.2 Å². The molecule has 0 radical (unpaired) electrons. The van der Waals surface area contributed by atoms with Crippen LogP contribution in [-0.2, 0) is 14.4 Å². The van der Waals surface area contributed by atoms with Gasteiger partial charge in [-0.05, 0) is 19.1 Å². The number of alkyl halides is 3. The average molecular weight is 352 g/mol. The zero-order valence-electron chi connectivity index (χ0n) is 11.9. The summed E-state index contributed by atoms with van der Waals surface area (Å²) < 4.78 is 35.8. The summed E-state index contributed by atoms with van der Waals surface area (Å²) in [4.78, 5) is 27.4. The third-order valence-electron chi connectivity index (χ3n) is 2.35. The molecule has 0 saturated carbocycles. The van der Waals surface area contributed by atoms with E-state index in [1.165, 1.54) is 6.92 Å². The number of hydrogen-bond acceptors (Lipinski definition) is 4. The van der Waals surface area contributed by atoms with Crippen molar-refractivity contribution in [2.75, 3.05) is 11.9 Å². The van der Waals surface area contributed by atoms with Crippen molar-refractivity contribution in [2.24, 2.45) is 5.16 Å². The number of benzene rings is 1. The largest absolute Gasteiger partial charge is 0.405 e. The SMILES string of the molecule is CC(O/N=C/C(=O)Nc1ccccc1Cl)C(=O)NCC(F)(F)F. The lowest BCUT2D eigenvalue weighted by molar-refractivity contribution is -0.145. The highest BCUT2D eigenvalue weighted by molar-refractivity contribution is 6.36. The molecule has 1 atom stereocenters. The molecular formula is C13H13ClF3N3O3. The Morgan fingerprint density at radius 3 is 2.65 bits per heavy atom. The second kappa shape index (κ2) is 8.37. The molecular weight excluding hydrogens is 339 g/mol. The van der Waals surface area contributed by atoms with Gasteiger partial charge in [0.05, 0.1) is 10.7 Å². The fourth-order valence-electron chi connectivity index (χ4n) is 1.28. The number of carbonyl (C=O) groups excluding carboxylic acids is 2. The molecule has 1 unspecified atom stereocenters. The van der Waals surface area contributed by atoms with E-state index in [-0.39, 0.29) is 0 Å². The van der Waals surface area contributed by atoms with Gasteiger partial charge in [0.2, 0.25) is 6.10 Å². The van der Waals surface area contributed by atoms with Crippen LogP contribution in [0.2, 0.25) is 5.02 Å². The van der Waals surface area contributed by atoms with Gasteiger partial charge < -0.3 is 15.5 Å². The molecule has 0 aromatic heterocycles. The standard InChI is InChI=1S/C13H13ClF3N3O3/c1-8(12(22)18-7-13(15,16)17)23-19-6-11(21)20-10-5-3-2-4-9(10)14/h2-6,8H,7H2,1H3,(H,18,22)(H,20,21)/b19-6+. The van der Waals surface area contributed by atoms with E-state index in [4.69, 9.17) is 11.6 Å². The van der Waals surface area contributed by atoms with Gasteiger partial charge in [0, 0.05) is 0 Å². The number of amides is 2. The minimum atomic E-state index is -4.52. The third-order valence-corrected chi connectivity index (χ3v) is 2.68. The van der Waals surface area contributed by atoms with Crippen molar-refractivity contribution in [2.45, 2.75) is 19.2 Å². The quantitative estimate of drug-likeness (QED) is 0.610. The Morgan fingerprint density at radius 2 is 2.04 bits per heavy atom. The zero-order valence-corrected chi connectivity index (χ0v) is 12.6. The molecule has 2 N–H and O–H groups in total. The highest BCUT2D eigenvalue weighted by Crippen LogP contribution is 2.19. The number of carbonyl (C=O) groups is 2. The Hall–Kier alpha value is -2.29.